The van der Waals surface area contributed by atoms with Gasteiger partial charge in [0.15, 0.2) is 5.69 Å². The molecule has 0 saturated carbocycles. The molecule has 0 spiro atoms. The van der Waals surface area contributed by atoms with Crippen LogP contribution in [0.5, 0.6) is 0 Å². The van der Waals surface area contributed by atoms with Crippen molar-refractivity contribution in [2.24, 2.45) is 0 Å². The number of rotatable bonds is 5. The van der Waals surface area contributed by atoms with Gasteiger partial charge in [0.25, 0.3) is 5.91 Å². The third-order valence-electron chi connectivity index (χ3n) is 4.60. The Morgan fingerprint density at radius 2 is 2.27 bits per heavy atom. The van der Waals surface area contributed by atoms with E-state index in [1.807, 2.05) is 24.3 Å². The minimum Gasteiger partial charge on any atom is -0.346 e. The van der Waals surface area contributed by atoms with Crippen molar-refractivity contribution in [2.75, 3.05) is 6.54 Å². The van der Waals surface area contributed by atoms with E-state index in [2.05, 4.69) is 34.8 Å². The predicted molar refractivity (Wildman–Crippen MR) is 106 cm³/mol. The van der Waals surface area contributed by atoms with Crippen LogP contribution in [0.2, 0.25) is 5.02 Å². The lowest BCUT2D eigenvalue weighted by atomic mass is 9.99. The van der Waals surface area contributed by atoms with Crippen molar-refractivity contribution in [1.29, 1.82) is 0 Å². The second-order valence-electron chi connectivity index (χ2n) is 6.49. The van der Waals surface area contributed by atoms with Crippen LogP contribution in [0.1, 0.15) is 49.3 Å². The van der Waals surface area contributed by atoms with E-state index in [0.717, 1.165) is 43.6 Å². The number of carbonyl (C=O) groups excluding carboxylic acids is 1. The molecule has 2 heterocycles. The fourth-order valence-electron chi connectivity index (χ4n) is 3.23. The Hall–Kier alpha value is -1.63. The van der Waals surface area contributed by atoms with Crippen molar-refractivity contribution in [2.45, 2.75) is 51.6 Å². The number of piperidine rings is 1. The van der Waals surface area contributed by atoms with Gasteiger partial charge in [-0.3, -0.25) is 4.79 Å². The van der Waals surface area contributed by atoms with Crippen LogP contribution in [0, 0.1) is 0 Å². The van der Waals surface area contributed by atoms with E-state index >= 15 is 0 Å². The number of nitrogens with zero attached hydrogens (tertiary/aromatic N) is 3. The van der Waals surface area contributed by atoms with Crippen LogP contribution in [-0.4, -0.2) is 39.5 Å². The summed E-state index contributed by atoms with van der Waals surface area (Å²) in [6.45, 7) is 5.17. The Kier molecular flexibility index (Phi) is 7.43. The van der Waals surface area contributed by atoms with Crippen LogP contribution in [0.3, 0.4) is 0 Å². The molecule has 2 N–H and O–H groups in total. The summed E-state index contributed by atoms with van der Waals surface area (Å²) in [5.41, 5.74) is 2.04. The maximum absolute atomic E-state index is 12.8. The number of hydrogen-bond acceptors (Lipinski definition) is 4. The van der Waals surface area contributed by atoms with Gasteiger partial charge in [0.2, 0.25) is 0 Å². The van der Waals surface area contributed by atoms with Gasteiger partial charge < -0.3 is 10.6 Å². The van der Waals surface area contributed by atoms with Crippen LogP contribution in [-0.2, 0) is 6.42 Å². The molecule has 0 radical (unpaired) electrons. The summed E-state index contributed by atoms with van der Waals surface area (Å²) in [4.78, 5) is 12.8. The highest BCUT2D eigenvalue weighted by molar-refractivity contribution is 6.30. The van der Waals surface area contributed by atoms with Crippen molar-refractivity contribution in [3.63, 3.8) is 0 Å². The summed E-state index contributed by atoms with van der Waals surface area (Å²) >= 11 is 6.09. The maximum atomic E-state index is 12.8. The third kappa shape index (κ3) is 4.55. The number of benzene rings is 1. The molecule has 2 unspecified atom stereocenters. The minimum atomic E-state index is -0.155. The highest BCUT2D eigenvalue weighted by Gasteiger charge is 2.26. The number of hydrogen-bond donors (Lipinski definition) is 2. The standard InChI is InChI=1S/C18H24ClN5O.ClH/c1-3-6-16-17(18(25)21-15-9-5-10-20-12(15)2)22-23-24(16)14-8-4-7-13(19)11-14;/h4,7-8,11-12,15,20H,3,5-6,9-10H2,1-2H3,(H,21,25);1H. The average molecular weight is 398 g/mol. The van der Waals surface area contributed by atoms with Crippen molar-refractivity contribution in [1.82, 2.24) is 25.6 Å². The van der Waals surface area contributed by atoms with Gasteiger partial charge in [-0.15, -0.1) is 17.5 Å². The van der Waals surface area contributed by atoms with E-state index in [0.29, 0.717) is 10.7 Å². The van der Waals surface area contributed by atoms with Gasteiger partial charge in [-0.05, 0) is 50.9 Å². The SMILES string of the molecule is CCCc1c(C(=O)NC2CCCNC2C)nnn1-c1cccc(Cl)c1.Cl. The Morgan fingerprint density at radius 3 is 2.96 bits per heavy atom. The highest BCUT2D eigenvalue weighted by Crippen LogP contribution is 2.19. The molecular weight excluding hydrogens is 373 g/mol. The van der Waals surface area contributed by atoms with Gasteiger partial charge in [0.1, 0.15) is 0 Å². The zero-order valence-electron chi connectivity index (χ0n) is 15.0. The van der Waals surface area contributed by atoms with E-state index in [-0.39, 0.29) is 30.4 Å². The van der Waals surface area contributed by atoms with Crippen molar-refractivity contribution in [3.05, 3.63) is 40.7 Å². The number of halogens is 2. The van der Waals surface area contributed by atoms with Crippen LogP contribution in [0.25, 0.3) is 5.69 Å². The molecule has 1 aliphatic rings. The molecule has 2 aromatic rings. The smallest absolute Gasteiger partial charge is 0.274 e. The van der Waals surface area contributed by atoms with Gasteiger partial charge in [0.05, 0.1) is 11.4 Å². The molecule has 26 heavy (non-hydrogen) atoms. The largest absolute Gasteiger partial charge is 0.346 e. The van der Waals surface area contributed by atoms with E-state index < -0.39 is 0 Å². The molecular formula is C18H25Cl2N5O. The second-order valence-corrected chi connectivity index (χ2v) is 6.93. The van der Waals surface area contributed by atoms with E-state index in [4.69, 9.17) is 11.6 Å². The normalized spacial score (nSPS) is 19.7. The molecule has 1 amide bonds. The molecule has 6 nitrogen and oxygen atoms in total. The Balaban J connectivity index is 0.00000243. The second kappa shape index (κ2) is 9.35. The zero-order valence-corrected chi connectivity index (χ0v) is 16.6. The summed E-state index contributed by atoms with van der Waals surface area (Å²) < 4.78 is 1.72. The van der Waals surface area contributed by atoms with Gasteiger partial charge in [0, 0.05) is 17.1 Å². The van der Waals surface area contributed by atoms with Crippen LogP contribution in [0.4, 0.5) is 0 Å². The molecule has 1 aliphatic heterocycles. The number of amides is 1. The molecule has 2 atom stereocenters. The van der Waals surface area contributed by atoms with Crippen LogP contribution in [0.15, 0.2) is 24.3 Å². The van der Waals surface area contributed by atoms with Gasteiger partial charge in [-0.25, -0.2) is 4.68 Å². The van der Waals surface area contributed by atoms with Gasteiger partial charge >= 0.3 is 0 Å². The van der Waals surface area contributed by atoms with Crippen molar-refractivity contribution in [3.8, 4) is 5.69 Å². The highest BCUT2D eigenvalue weighted by atomic mass is 35.5. The average Bonchev–Trinajstić information content (AvgIpc) is 3.01. The summed E-state index contributed by atoms with van der Waals surface area (Å²) in [7, 11) is 0. The maximum Gasteiger partial charge on any atom is 0.274 e. The third-order valence-corrected chi connectivity index (χ3v) is 4.83. The summed E-state index contributed by atoms with van der Waals surface area (Å²) in [6.07, 6.45) is 3.66. The topological polar surface area (TPSA) is 71.8 Å². The van der Waals surface area contributed by atoms with Gasteiger partial charge in [-0.1, -0.05) is 36.2 Å². The Morgan fingerprint density at radius 1 is 1.46 bits per heavy atom. The molecule has 1 saturated heterocycles. The van der Waals surface area contributed by atoms with E-state index in [1.165, 1.54) is 0 Å². The molecule has 142 valence electrons. The van der Waals surface area contributed by atoms with Crippen LogP contribution >= 0.6 is 24.0 Å². The molecule has 1 aromatic carbocycles. The summed E-state index contributed by atoms with van der Waals surface area (Å²) in [5.74, 6) is -0.155. The molecule has 1 fully saturated rings. The summed E-state index contributed by atoms with van der Waals surface area (Å²) in [5, 5.41) is 15.5. The predicted octanol–water partition coefficient (Wildman–Crippen LogP) is 3.17. The first-order valence-electron chi connectivity index (χ1n) is 8.85. The first-order chi connectivity index (χ1) is 12.1. The van der Waals surface area contributed by atoms with Gasteiger partial charge in [-0.2, -0.15) is 0 Å². The lowest BCUT2D eigenvalue weighted by Gasteiger charge is -2.30. The number of carbonyl (C=O) groups is 1. The monoisotopic (exact) mass is 397 g/mol. The zero-order chi connectivity index (χ0) is 17.8. The molecule has 3 rings (SSSR count). The number of nitrogens with one attached hydrogen (secondary N) is 2. The lowest BCUT2D eigenvalue weighted by molar-refractivity contribution is 0.0913. The Bertz CT molecular complexity index is 749. The summed E-state index contributed by atoms with van der Waals surface area (Å²) in [6, 6.07) is 7.79. The molecule has 1 aromatic heterocycles. The first kappa shape index (κ1) is 20.7. The van der Waals surface area contributed by atoms with Crippen LogP contribution < -0.4 is 10.6 Å². The molecule has 0 bridgehead atoms. The van der Waals surface area contributed by atoms with Crippen molar-refractivity contribution < 1.29 is 4.79 Å². The quantitative estimate of drug-likeness (QED) is 0.812. The van der Waals surface area contributed by atoms with Crippen molar-refractivity contribution >= 4 is 29.9 Å². The van der Waals surface area contributed by atoms with E-state index in [9.17, 15) is 4.79 Å². The molecule has 0 aliphatic carbocycles. The van der Waals surface area contributed by atoms with E-state index in [1.54, 1.807) is 4.68 Å². The Labute approximate surface area is 165 Å². The lowest BCUT2D eigenvalue weighted by Crippen LogP contribution is -2.52. The minimum absolute atomic E-state index is 0. The number of aromatic nitrogens is 3. The first-order valence-corrected chi connectivity index (χ1v) is 9.22. The molecule has 8 heteroatoms. The fourth-order valence-corrected chi connectivity index (χ4v) is 3.42. The fraction of sp³-hybridized carbons (Fsp3) is 0.500.